The Labute approximate surface area is 209 Å². The Morgan fingerprint density at radius 2 is 1.33 bits per heavy atom. The molecule has 2 fully saturated rings. The molecule has 6 heterocycles. The molecule has 4 aromatic rings. The molecular weight excluding hydrogens is 488 g/mol. The molecule has 8 rings (SSSR count). The standard InChI is InChI=1S/C12H12ClN3O2.C12H13N3O3/c13-10-9-7-5-12(17-3-4-18-12)2-1-8(7)16-11(9)15-6-14-10;16-11-9-7-5-12(17-3-4-18-12)2-1-8(7)15-10(9)13-6-14-11/h6H,1-5H2,(H,14,15,16);6H,1-5H2,(H2,13,14,15,16). The number of aryl methyl sites for hydroxylation is 2. The molecule has 2 saturated heterocycles. The Morgan fingerprint density at radius 1 is 0.778 bits per heavy atom. The molecule has 0 aromatic carbocycles. The quantitative estimate of drug-likeness (QED) is 0.305. The van der Waals surface area contributed by atoms with Gasteiger partial charge in [-0.25, -0.2) is 15.0 Å². The predicted molar refractivity (Wildman–Crippen MR) is 129 cm³/mol. The van der Waals surface area contributed by atoms with E-state index in [1.165, 1.54) is 18.3 Å². The summed E-state index contributed by atoms with van der Waals surface area (Å²) in [6.45, 7) is 2.60. The molecule has 188 valence electrons. The summed E-state index contributed by atoms with van der Waals surface area (Å²) in [5.41, 5.74) is 5.74. The number of fused-ring (bicyclic) bond motifs is 6. The first-order valence-corrected chi connectivity index (χ1v) is 12.6. The van der Waals surface area contributed by atoms with Gasteiger partial charge in [-0.2, -0.15) is 0 Å². The number of nitrogens with zero attached hydrogens (tertiary/aromatic N) is 3. The SMILES string of the molecule is Clc1ncnc2[nH]c3c(c12)CC1(CC3)OCCO1.O=c1[nH]cnc2[nH]c3c(c12)CC1(CC3)OCCO1. The molecular formula is C24H25ClN6O5. The van der Waals surface area contributed by atoms with E-state index in [1.54, 1.807) is 0 Å². The first-order chi connectivity index (χ1) is 17.5. The lowest BCUT2D eigenvalue weighted by Crippen LogP contribution is -2.37. The Bertz CT molecular complexity index is 1510. The van der Waals surface area contributed by atoms with Crippen molar-refractivity contribution in [3.63, 3.8) is 0 Å². The van der Waals surface area contributed by atoms with Gasteiger partial charge in [-0.05, 0) is 24.0 Å². The van der Waals surface area contributed by atoms with Crippen LogP contribution in [0, 0.1) is 0 Å². The summed E-state index contributed by atoms with van der Waals surface area (Å²) in [6.07, 6.45) is 7.65. The van der Waals surface area contributed by atoms with Gasteiger partial charge < -0.3 is 33.9 Å². The first kappa shape index (κ1) is 22.4. The van der Waals surface area contributed by atoms with E-state index in [1.807, 2.05) is 0 Å². The lowest BCUT2D eigenvalue weighted by atomic mass is 9.91. The highest BCUT2D eigenvalue weighted by Gasteiger charge is 2.42. The third-order valence-corrected chi connectivity index (χ3v) is 7.84. The highest BCUT2D eigenvalue weighted by Crippen LogP contribution is 2.40. The maximum Gasteiger partial charge on any atom is 0.260 e. The first-order valence-electron chi connectivity index (χ1n) is 12.2. The van der Waals surface area contributed by atoms with Crippen molar-refractivity contribution in [1.29, 1.82) is 0 Å². The fourth-order valence-corrected chi connectivity index (χ4v) is 6.14. The van der Waals surface area contributed by atoms with E-state index < -0.39 is 11.6 Å². The molecule has 0 radical (unpaired) electrons. The molecule has 2 spiro atoms. The number of nitrogens with one attached hydrogen (secondary N) is 3. The van der Waals surface area contributed by atoms with Gasteiger partial charge in [0.05, 0.1) is 43.5 Å². The highest BCUT2D eigenvalue weighted by molar-refractivity contribution is 6.34. The van der Waals surface area contributed by atoms with E-state index in [9.17, 15) is 4.79 Å². The van der Waals surface area contributed by atoms with Crippen molar-refractivity contribution in [2.24, 2.45) is 0 Å². The number of aromatic nitrogens is 6. The smallest absolute Gasteiger partial charge is 0.260 e. The molecule has 0 amide bonds. The molecule has 0 saturated carbocycles. The molecule has 0 atom stereocenters. The van der Waals surface area contributed by atoms with Gasteiger partial charge >= 0.3 is 0 Å². The predicted octanol–water partition coefficient (Wildman–Crippen LogP) is 2.33. The van der Waals surface area contributed by atoms with Gasteiger partial charge in [-0.15, -0.1) is 0 Å². The van der Waals surface area contributed by atoms with Crippen molar-refractivity contribution in [3.05, 3.63) is 50.7 Å². The van der Waals surface area contributed by atoms with E-state index in [0.717, 1.165) is 60.0 Å². The average molecular weight is 513 g/mol. The third-order valence-electron chi connectivity index (χ3n) is 7.56. The van der Waals surface area contributed by atoms with Crippen LogP contribution in [-0.2, 0) is 44.6 Å². The van der Waals surface area contributed by atoms with Crippen LogP contribution in [0.3, 0.4) is 0 Å². The second-order valence-corrected chi connectivity index (χ2v) is 9.93. The van der Waals surface area contributed by atoms with Crippen LogP contribution in [0.15, 0.2) is 17.4 Å². The van der Waals surface area contributed by atoms with Crippen LogP contribution in [0.2, 0.25) is 5.15 Å². The van der Waals surface area contributed by atoms with Crippen LogP contribution < -0.4 is 5.56 Å². The van der Waals surface area contributed by atoms with Crippen molar-refractivity contribution in [1.82, 2.24) is 29.9 Å². The number of hydrogen-bond donors (Lipinski definition) is 3. The van der Waals surface area contributed by atoms with Gasteiger partial charge in [-0.1, -0.05) is 11.6 Å². The molecule has 2 aliphatic carbocycles. The summed E-state index contributed by atoms with van der Waals surface area (Å²) in [6, 6.07) is 0. The van der Waals surface area contributed by atoms with Crippen molar-refractivity contribution < 1.29 is 18.9 Å². The maximum atomic E-state index is 11.9. The van der Waals surface area contributed by atoms with Gasteiger partial charge in [0.15, 0.2) is 11.6 Å². The second kappa shape index (κ2) is 8.35. The summed E-state index contributed by atoms with van der Waals surface area (Å²) in [4.78, 5) is 33.5. The van der Waals surface area contributed by atoms with Crippen LogP contribution in [-0.4, -0.2) is 67.9 Å². The topological polar surface area (TPSA) is 140 Å². The van der Waals surface area contributed by atoms with Gasteiger partial charge in [0, 0.05) is 37.1 Å². The molecule has 2 aliphatic heterocycles. The summed E-state index contributed by atoms with van der Waals surface area (Å²) in [5, 5.41) is 2.05. The van der Waals surface area contributed by atoms with E-state index in [-0.39, 0.29) is 5.56 Å². The number of rotatable bonds is 0. The second-order valence-electron chi connectivity index (χ2n) is 9.58. The summed E-state index contributed by atoms with van der Waals surface area (Å²) in [5.74, 6) is -0.980. The zero-order valence-corrected chi connectivity index (χ0v) is 20.2. The fourth-order valence-electron chi connectivity index (χ4n) is 5.89. The summed E-state index contributed by atoms with van der Waals surface area (Å²) in [7, 11) is 0. The van der Waals surface area contributed by atoms with Crippen molar-refractivity contribution in [2.75, 3.05) is 26.4 Å². The number of halogens is 1. The Balaban J connectivity index is 0.000000122. The van der Waals surface area contributed by atoms with Gasteiger partial charge in [0.1, 0.15) is 22.8 Å². The van der Waals surface area contributed by atoms with Crippen LogP contribution in [0.1, 0.15) is 35.4 Å². The number of ether oxygens (including phenoxy) is 4. The monoisotopic (exact) mass is 512 g/mol. The summed E-state index contributed by atoms with van der Waals surface area (Å²) < 4.78 is 23.0. The zero-order chi connectivity index (χ0) is 24.3. The molecule has 36 heavy (non-hydrogen) atoms. The minimum Gasteiger partial charge on any atom is -0.347 e. The van der Waals surface area contributed by atoms with Crippen molar-refractivity contribution in [2.45, 2.75) is 50.1 Å². The van der Waals surface area contributed by atoms with Crippen LogP contribution in [0.5, 0.6) is 0 Å². The number of hydrogen-bond acceptors (Lipinski definition) is 8. The van der Waals surface area contributed by atoms with Crippen LogP contribution in [0.4, 0.5) is 0 Å². The molecule has 3 N–H and O–H groups in total. The normalized spacial score (nSPS) is 21.6. The Kier molecular flexibility index (Phi) is 5.19. The third kappa shape index (κ3) is 3.57. The minimum absolute atomic E-state index is 0.104. The van der Waals surface area contributed by atoms with E-state index in [0.29, 0.717) is 49.0 Å². The number of H-pyrrole nitrogens is 3. The largest absolute Gasteiger partial charge is 0.347 e. The molecule has 0 bridgehead atoms. The van der Waals surface area contributed by atoms with Gasteiger partial charge in [0.25, 0.3) is 5.56 Å². The zero-order valence-electron chi connectivity index (χ0n) is 19.5. The molecule has 11 nitrogen and oxygen atoms in total. The van der Waals surface area contributed by atoms with Gasteiger partial charge in [-0.3, -0.25) is 4.79 Å². The molecule has 4 aliphatic rings. The molecule has 12 heteroatoms. The summed E-state index contributed by atoms with van der Waals surface area (Å²) >= 11 is 6.18. The average Bonchev–Trinajstić information content (AvgIpc) is 3.66. The van der Waals surface area contributed by atoms with Crippen molar-refractivity contribution in [3.8, 4) is 0 Å². The molecule has 4 aromatic heterocycles. The lowest BCUT2D eigenvalue weighted by Gasteiger charge is -2.31. The van der Waals surface area contributed by atoms with Crippen LogP contribution >= 0.6 is 11.6 Å². The number of aromatic amines is 3. The highest BCUT2D eigenvalue weighted by atomic mass is 35.5. The Hall–Kier alpha value is -2.83. The van der Waals surface area contributed by atoms with Crippen molar-refractivity contribution >= 4 is 33.7 Å². The maximum absolute atomic E-state index is 11.9. The minimum atomic E-state index is -0.523. The van der Waals surface area contributed by atoms with Crippen LogP contribution in [0.25, 0.3) is 22.1 Å². The molecule has 0 unspecified atom stereocenters. The Morgan fingerprint density at radius 3 is 1.94 bits per heavy atom. The van der Waals surface area contributed by atoms with Gasteiger partial charge in [0.2, 0.25) is 0 Å². The van der Waals surface area contributed by atoms with E-state index in [4.69, 9.17) is 30.5 Å². The lowest BCUT2D eigenvalue weighted by molar-refractivity contribution is -0.164. The van der Waals surface area contributed by atoms with E-state index >= 15 is 0 Å². The fraction of sp³-hybridized carbons (Fsp3) is 0.500. The van der Waals surface area contributed by atoms with E-state index in [2.05, 4.69) is 29.9 Å².